The van der Waals surface area contributed by atoms with E-state index in [2.05, 4.69) is 10.6 Å². The Hall–Kier alpha value is -2.28. The smallest absolute Gasteiger partial charge is 0.251 e. The fraction of sp³-hybridized carbons (Fsp3) is 0.467. The van der Waals surface area contributed by atoms with Gasteiger partial charge in [-0.25, -0.2) is 0 Å². The summed E-state index contributed by atoms with van der Waals surface area (Å²) in [7, 11) is 3.96. The average Bonchev–Trinajstić information content (AvgIpc) is 2.96. The molecule has 1 aliphatic rings. The summed E-state index contributed by atoms with van der Waals surface area (Å²) >= 11 is 0. The molecule has 0 radical (unpaired) electrons. The normalized spacial score (nSPS) is 12.3. The molecule has 0 saturated heterocycles. The Morgan fingerprint density at radius 1 is 1.18 bits per heavy atom. The summed E-state index contributed by atoms with van der Waals surface area (Å²) in [6.45, 7) is 1.62. The first kappa shape index (κ1) is 16.1. The lowest BCUT2D eigenvalue weighted by atomic mass is 10.2. The Labute approximate surface area is 129 Å². The Morgan fingerprint density at radius 2 is 1.95 bits per heavy atom. The number of carbonyl (C=O) groups excluding carboxylic acids is 2. The molecule has 1 heterocycles. The van der Waals surface area contributed by atoms with E-state index in [1.54, 1.807) is 18.2 Å². The molecule has 0 fully saturated rings. The number of carbonyl (C=O) groups is 2. The van der Waals surface area contributed by atoms with Crippen LogP contribution in [-0.4, -0.2) is 57.2 Å². The van der Waals surface area contributed by atoms with Gasteiger partial charge in [-0.05, 0) is 45.3 Å². The molecule has 1 aromatic carbocycles. The van der Waals surface area contributed by atoms with Crippen molar-refractivity contribution >= 4 is 11.8 Å². The second-order valence-electron chi connectivity index (χ2n) is 5.26. The minimum absolute atomic E-state index is 0.0464. The zero-order valence-electron chi connectivity index (χ0n) is 12.8. The van der Waals surface area contributed by atoms with Gasteiger partial charge in [-0.1, -0.05) is 0 Å². The van der Waals surface area contributed by atoms with E-state index in [-0.39, 0.29) is 25.2 Å². The van der Waals surface area contributed by atoms with Crippen LogP contribution in [0.15, 0.2) is 18.2 Å². The fourth-order valence-corrected chi connectivity index (χ4v) is 1.99. The largest absolute Gasteiger partial charge is 0.454 e. The molecule has 7 heteroatoms. The highest BCUT2D eigenvalue weighted by molar-refractivity contribution is 5.97. The van der Waals surface area contributed by atoms with Crippen molar-refractivity contribution in [1.82, 2.24) is 15.5 Å². The molecule has 0 spiro atoms. The summed E-state index contributed by atoms with van der Waals surface area (Å²) in [5, 5.41) is 5.34. The maximum absolute atomic E-state index is 12.0. The molecule has 2 amide bonds. The van der Waals surface area contributed by atoms with E-state index in [0.29, 0.717) is 23.6 Å². The molecule has 2 rings (SSSR count). The van der Waals surface area contributed by atoms with E-state index in [9.17, 15) is 9.59 Å². The van der Waals surface area contributed by atoms with Crippen LogP contribution < -0.4 is 20.1 Å². The first-order valence-corrected chi connectivity index (χ1v) is 7.15. The first-order valence-electron chi connectivity index (χ1n) is 7.15. The van der Waals surface area contributed by atoms with Gasteiger partial charge < -0.3 is 25.0 Å². The summed E-state index contributed by atoms with van der Waals surface area (Å²) in [6.07, 6.45) is 0.870. The highest BCUT2D eigenvalue weighted by Crippen LogP contribution is 2.32. The highest BCUT2D eigenvalue weighted by atomic mass is 16.7. The fourth-order valence-electron chi connectivity index (χ4n) is 1.99. The maximum Gasteiger partial charge on any atom is 0.251 e. The predicted octanol–water partition coefficient (Wildman–Crippen LogP) is 0.213. The van der Waals surface area contributed by atoms with Crippen LogP contribution in [-0.2, 0) is 4.79 Å². The number of nitrogens with zero attached hydrogens (tertiary/aromatic N) is 1. The van der Waals surface area contributed by atoms with Crippen molar-refractivity contribution in [2.24, 2.45) is 0 Å². The summed E-state index contributed by atoms with van der Waals surface area (Å²) in [5.74, 6) is 0.644. The Balaban J connectivity index is 1.72. The van der Waals surface area contributed by atoms with Crippen LogP contribution >= 0.6 is 0 Å². The monoisotopic (exact) mass is 307 g/mol. The number of amides is 2. The van der Waals surface area contributed by atoms with Crippen LogP contribution in [0.2, 0.25) is 0 Å². The van der Waals surface area contributed by atoms with Gasteiger partial charge in [-0.3, -0.25) is 9.59 Å². The molecule has 0 atom stereocenters. The minimum atomic E-state index is -0.318. The van der Waals surface area contributed by atoms with Gasteiger partial charge in [0, 0.05) is 12.1 Å². The Morgan fingerprint density at radius 3 is 2.73 bits per heavy atom. The van der Waals surface area contributed by atoms with E-state index in [1.807, 2.05) is 19.0 Å². The van der Waals surface area contributed by atoms with Crippen LogP contribution in [0.3, 0.4) is 0 Å². The third-order valence-corrected chi connectivity index (χ3v) is 3.15. The zero-order valence-corrected chi connectivity index (χ0v) is 12.8. The second-order valence-corrected chi connectivity index (χ2v) is 5.26. The lowest BCUT2D eigenvalue weighted by Crippen LogP contribution is -2.37. The molecule has 120 valence electrons. The number of rotatable bonds is 7. The van der Waals surface area contributed by atoms with Gasteiger partial charge in [-0.2, -0.15) is 0 Å². The molecular weight excluding hydrogens is 286 g/mol. The van der Waals surface area contributed by atoms with Gasteiger partial charge in [0.2, 0.25) is 12.7 Å². The number of ether oxygens (including phenoxy) is 2. The van der Waals surface area contributed by atoms with Crippen molar-refractivity contribution in [3.8, 4) is 11.5 Å². The van der Waals surface area contributed by atoms with Crippen molar-refractivity contribution < 1.29 is 19.1 Å². The SMILES string of the molecule is CN(C)CCCNC(=O)CNC(=O)c1ccc2c(c1)OCO2. The molecule has 22 heavy (non-hydrogen) atoms. The Kier molecular flexibility index (Phi) is 5.60. The van der Waals surface area contributed by atoms with Crippen LogP contribution in [0.4, 0.5) is 0 Å². The van der Waals surface area contributed by atoms with Crippen LogP contribution in [0, 0.1) is 0 Å². The minimum Gasteiger partial charge on any atom is -0.454 e. The molecule has 0 aromatic heterocycles. The van der Waals surface area contributed by atoms with Crippen LogP contribution in [0.1, 0.15) is 16.8 Å². The van der Waals surface area contributed by atoms with Crippen molar-refractivity contribution in [2.45, 2.75) is 6.42 Å². The van der Waals surface area contributed by atoms with Crippen molar-refractivity contribution in [1.29, 1.82) is 0 Å². The Bertz CT molecular complexity index is 546. The van der Waals surface area contributed by atoms with E-state index < -0.39 is 0 Å². The van der Waals surface area contributed by atoms with E-state index in [1.165, 1.54) is 0 Å². The topological polar surface area (TPSA) is 79.9 Å². The lowest BCUT2D eigenvalue weighted by Gasteiger charge is -2.10. The third kappa shape index (κ3) is 4.63. The average molecular weight is 307 g/mol. The highest BCUT2D eigenvalue weighted by Gasteiger charge is 2.16. The van der Waals surface area contributed by atoms with Gasteiger partial charge >= 0.3 is 0 Å². The van der Waals surface area contributed by atoms with Crippen molar-refractivity contribution in [2.75, 3.05) is 40.5 Å². The zero-order chi connectivity index (χ0) is 15.9. The number of hydrogen-bond donors (Lipinski definition) is 2. The van der Waals surface area contributed by atoms with Crippen molar-refractivity contribution in [3.05, 3.63) is 23.8 Å². The van der Waals surface area contributed by atoms with Gasteiger partial charge in [-0.15, -0.1) is 0 Å². The number of fused-ring (bicyclic) bond motifs is 1. The molecule has 1 aromatic rings. The molecule has 0 aliphatic carbocycles. The predicted molar refractivity (Wildman–Crippen MR) is 81.1 cm³/mol. The molecular formula is C15H21N3O4. The molecule has 1 aliphatic heterocycles. The third-order valence-electron chi connectivity index (χ3n) is 3.15. The van der Waals surface area contributed by atoms with Gasteiger partial charge in [0.05, 0.1) is 6.54 Å². The number of benzene rings is 1. The van der Waals surface area contributed by atoms with Gasteiger partial charge in [0.1, 0.15) is 0 Å². The summed E-state index contributed by atoms with van der Waals surface area (Å²) in [5.41, 5.74) is 0.435. The first-order chi connectivity index (χ1) is 10.6. The van der Waals surface area contributed by atoms with Gasteiger partial charge in [0.25, 0.3) is 5.91 Å². The molecule has 0 unspecified atom stereocenters. The molecule has 2 N–H and O–H groups in total. The van der Waals surface area contributed by atoms with E-state index in [4.69, 9.17) is 9.47 Å². The summed E-state index contributed by atoms with van der Waals surface area (Å²) in [6, 6.07) is 4.92. The number of hydrogen-bond acceptors (Lipinski definition) is 5. The number of nitrogens with one attached hydrogen (secondary N) is 2. The van der Waals surface area contributed by atoms with E-state index >= 15 is 0 Å². The maximum atomic E-state index is 12.0. The lowest BCUT2D eigenvalue weighted by molar-refractivity contribution is -0.120. The van der Waals surface area contributed by atoms with E-state index in [0.717, 1.165) is 13.0 Å². The van der Waals surface area contributed by atoms with Gasteiger partial charge in [0.15, 0.2) is 11.5 Å². The molecule has 7 nitrogen and oxygen atoms in total. The second kappa shape index (κ2) is 7.65. The van der Waals surface area contributed by atoms with Crippen LogP contribution in [0.25, 0.3) is 0 Å². The summed E-state index contributed by atoms with van der Waals surface area (Å²) in [4.78, 5) is 25.6. The quantitative estimate of drug-likeness (QED) is 0.704. The standard InChI is InChI=1S/C15H21N3O4/c1-18(2)7-3-6-16-14(19)9-17-15(20)11-4-5-12-13(8-11)22-10-21-12/h4-5,8H,3,6-7,9-10H2,1-2H3,(H,16,19)(H,17,20). The van der Waals surface area contributed by atoms with Crippen LogP contribution in [0.5, 0.6) is 11.5 Å². The van der Waals surface area contributed by atoms with Crippen molar-refractivity contribution in [3.63, 3.8) is 0 Å². The summed E-state index contributed by atoms with van der Waals surface area (Å²) < 4.78 is 10.4. The molecule has 0 saturated carbocycles. The molecule has 0 bridgehead atoms.